The first kappa shape index (κ1) is 44.0. The van der Waals surface area contributed by atoms with Crippen molar-refractivity contribution in [2.75, 3.05) is 14.7 Å². The molecule has 2 aliphatic carbocycles. The lowest BCUT2D eigenvalue weighted by molar-refractivity contribution is 0.194. The van der Waals surface area contributed by atoms with Crippen molar-refractivity contribution in [2.24, 2.45) is 0 Å². The van der Waals surface area contributed by atoms with E-state index in [0.717, 1.165) is 12.8 Å². The Morgan fingerprint density at radius 2 is 1.16 bits per heavy atom. The normalized spacial score (nSPS) is 25.3. The fourth-order valence-electron chi connectivity index (χ4n) is 15.2. The van der Waals surface area contributed by atoms with E-state index in [-0.39, 0.29) is 44.9 Å². The van der Waals surface area contributed by atoms with Gasteiger partial charge in [0.15, 0.2) is 0 Å². The van der Waals surface area contributed by atoms with E-state index in [1.165, 1.54) is 126 Å². The first-order valence-corrected chi connectivity index (χ1v) is 26.1. The fraction of sp³-hybridized carbons (Fsp3) is 0.438. The molecule has 0 amide bonds. The van der Waals surface area contributed by atoms with Crippen molar-refractivity contribution in [2.45, 2.75) is 181 Å². The number of benzene rings is 6. The minimum absolute atomic E-state index is 0.00974. The molecule has 1 fully saturated rings. The highest BCUT2D eigenvalue weighted by atomic mass is 15.3. The van der Waals surface area contributed by atoms with Gasteiger partial charge in [0.25, 0.3) is 6.71 Å². The molecule has 12 rings (SSSR count). The van der Waals surface area contributed by atoms with Crippen LogP contribution in [0.2, 0.25) is 0 Å². The average Bonchev–Trinajstić information content (AvgIpc) is 3.63. The standard InChI is InChI=1S/C64H74BN3/c1-39-33-40(2)55-57-54(39)62(13)30-18-19-31-63(62,14)68(57)53-38-46(67-50-28-26-43(59(6,7)8)35-48(50)61(12)32-29-41-21-16-17-24-47(41)64(61,67)15)37-52-56(53)65(55)49-27-25-44(60(9,10)11)36-51(49)66(52)45-23-20-22-42(34-45)58(3,4)5/h16-17,20-28,33-38H,18-19,29-32H2,1-15H3. The number of nitrogens with zero attached hydrogens (tertiary/aromatic N) is 3. The predicted octanol–water partition coefficient (Wildman–Crippen LogP) is 14.8. The minimum atomic E-state index is -0.344. The summed E-state index contributed by atoms with van der Waals surface area (Å²) in [7, 11) is 0. The van der Waals surface area contributed by atoms with Crippen LogP contribution in [0, 0.1) is 13.8 Å². The largest absolute Gasteiger partial charge is 0.335 e. The molecule has 4 atom stereocenters. The molecule has 3 nitrogen and oxygen atoms in total. The van der Waals surface area contributed by atoms with Crippen LogP contribution in [-0.2, 0) is 39.0 Å². The van der Waals surface area contributed by atoms with E-state index in [0.29, 0.717) is 0 Å². The number of hydrogen-bond acceptors (Lipinski definition) is 3. The molecule has 6 aromatic rings. The van der Waals surface area contributed by atoms with Crippen molar-refractivity contribution in [3.05, 3.63) is 153 Å². The van der Waals surface area contributed by atoms with Crippen molar-refractivity contribution in [3.63, 3.8) is 0 Å². The molecular weight excluding hydrogens is 822 g/mol. The van der Waals surface area contributed by atoms with Gasteiger partial charge in [-0.1, -0.05) is 161 Å². The van der Waals surface area contributed by atoms with E-state index in [4.69, 9.17) is 0 Å². The maximum atomic E-state index is 2.96. The molecule has 4 heterocycles. The van der Waals surface area contributed by atoms with Gasteiger partial charge < -0.3 is 14.7 Å². The highest BCUT2D eigenvalue weighted by Crippen LogP contribution is 2.67. The Balaban J connectivity index is 1.25. The minimum Gasteiger partial charge on any atom is -0.335 e. The maximum absolute atomic E-state index is 2.96. The van der Waals surface area contributed by atoms with Gasteiger partial charge in [-0.25, -0.2) is 0 Å². The van der Waals surface area contributed by atoms with Crippen LogP contribution in [0.3, 0.4) is 0 Å². The lowest BCUT2D eigenvalue weighted by atomic mass is 9.32. The van der Waals surface area contributed by atoms with Gasteiger partial charge in [0, 0.05) is 50.6 Å². The molecule has 6 aliphatic rings. The van der Waals surface area contributed by atoms with Crippen molar-refractivity contribution < 1.29 is 0 Å². The zero-order valence-corrected chi connectivity index (χ0v) is 44.0. The smallest absolute Gasteiger partial charge is 0.252 e. The molecular formula is C64H74BN3. The Labute approximate surface area is 409 Å². The Bertz CT molecular complexity index is 3160. The lowest BCUT2D eigenvalue weighted by Gasteiger charge is -2.54. The van der Waals surface area contributed by atoms with E-state index in [1.54, 1.807) is 5.56 Å². The van der Waals surface area contributed by atoms with E-state index in [2.05, 4.69) is 222 Å². The predicted molar refractivity (Wildman–Crippen MR) is 292 cm³/mol. The summed E-state index contributed by atoms with van der Waals surface area (Å²) >= 11 is 0. The Morgan fingerprint density at radius 1 is 0.500 bits per heavy atom. The zero-order valence-electron chi connectivity index (χ0n) is 44.0. The van der Waals surface area contributed by atoms with E-state index in [1.807, 2.05) is 0 Å². The molecule has 1 saturated carbocycles. The van der Waals surface area contributed by atoms with Gasteiger partial charge in [-0.3, -0.25) is 0 Å². The van der Waals surface area contributed by atoms with Crippen molar-refractivity contribution in [1.29, 1.82) is 0 Å². The second-order valence-corrected chi connectivity index (χ2v) is 26.2. The topological polar surface area (TPSA) is 9.72 Å². The van der Waals surface area contributed by atoms with Crippen LogP contribution >= 0.6 is 0 Å². The molecule has 4 heteroatoms. The summed E-state index contributed by atoms with van der Waals surface area (Å²) in [6.07, 6.45) is 7.10. The Morgan fingerprint density at radius 3 is 1.90 bits per heavy atom. The van der Waals surface area contributed by atoms with Crippen molar-refractivity contribution >= 4 is 62.9 Å². The molecule has 6 aromatic carbocycles. The maximum Gasteiger partial charge on any atom is 0.252 e. The Kier molecular flexibility index (Phi) is 8.91. The van der Waals surface area contributed by atoms with Crippen LogP contribution < -0.4 is 31.1 Å². The Hall–Kier alpha value is -5.22. The molecule has 4 aliphatic heterocycles. The first-order valence-electron chi connectivity index (χ1n) is 26.1. The lowest BCUT2D eigenvalue weighted by Crippen LogP contribution is -2.65. The zero-order chi connectivity index (χ0) is 48.0. The number of fused-ring (bicyclic) bond motifs is 12. The summed E-state index contributed by atoms with van der Waals surface area (Å²) in [5.41, 5.74) is 26.4. The number of aryl methyl sites for hydroxylation is 3. The SMILES string of the molecule is Cc1cc(C)c2c3c1B1c4ccc(C(C)(C)C)cc4N(c4cccc(C(C)(C)C)c4)c4cc(N5c6ccc(C(C)(C)C)cc6C6(C)CCc7ccccc7C56C)cc(c41)N3C1(C)CCCCC21C. The molecule has 0 aromatic heterocycles. The summed E-state index contributed by atoms with van der Waals surface area (Å²) in [5, 5.41) is 0. The average molecular weight is 896 g/mol. The van der Waals surface area contributed by atoms with Gasteiger partial charge in [-0.15, -0.1) is 0 Å². The van der Waals surface area contributed by atoms with Crippen molar-refractivity contribution in [1.82, 2.24) is 0 Å². The molecule has 0 radical (unpaired) electrons. The number of rotatable bonds is 2. The van der Waals surface area contributed by atoms with Gasteiger partial charge in [0.1, 0.15) is 0 Å². The number of hydrogen-bond donors (Lipinski definition) is 0. The van der Waals surface area contributed by atoms with Crippen LogP contribution in [0.5, 0.6) is 0 Å². The summed E-state index contributed by atoms with van der Waals surface area (Å²) in [5.74, 6) is 0. The molecule has 0 saturated heterocycles. The van der Waals surface area contributed by atoms with Crippen LogP contribution in [-0.4, -0.2) is 12.3 Å². The molecule has 68 heavy (non-hydrogen) atoms. The molecule has 4 unspecified atom stereocenters. The monoisotopic (exact) mass is 896 g/mol. The van der Waals surface area contributed by atoms with Gasteiger partial charge >= 0.3 is 0 Å². The second kappa shape index (κ2) is 13.8. The van der Waals surface area contributed by atoms with E-state index >= 15 is 0 Å². The third-order valence-electron chi connectivity index (χ3n) is 19.3. The van der Waals surface area contributed by atoms with Gasteiger partial charge in [-0.2, -0.15) is 0 Å². The summed E-state index contributed by atoms with van der Waals surface area (Å²) in [6.45, 7) is 36.8. The quantitative estimate of drug-likeness (QED) is 0.160. The third-order valence-corrected chi connectivity index (χ3v) is 19.3. The number of anilines is 7. The van der Waals surface area contributed by atoms with E-state index < -0.39 is 0 Å². The summed E-state index contributed by atoms with van der Waals surface area (Å²) in [6, 6.07) is 42.0. The summed E-state index contributed by atoms with van der Waals surface area (Å²) < 4.78 is 0. The molecule has 0 bridgehead atoms. The van der Waals surface area contributed by atoms with Crippen LogP contribution in [0.15, 0.2) is 103 Å². The highest BCUT2D eigenvalue weighted by Gasteiger charge is 2.64. The molecule has 348 valence electrons. The summed E-state index contributed by atoms with van der Waals surface area (Å²) in [4.78, 5) is 8.52. The van der Waals surface area contributed by atoms with Gasteiger partial charge in [0.2, 0.25) is 0 Å². The van der Waals surface area contributed by atoms with E-state index in [9.17, 15) is 0 Å². The fourth-order valence-corrected chi connectivity index (χ4v) is 15.2. The van der Waals surface area contributed by atoms with Gasteiger partial charge in [-0.05, 0) is 167 Å². The molecule has 0 N–H and O–H groups in total. The first-order chi connectivity index (χ1) is 31.9. The van der Waals surface area contributed by atoms with Crippen LogP contribution in [0.1, 0.15) is 172 Å². The van der Waals surface area contributed by atoms with Gasteiger partial charge in [0.05, 0.1) is 11.1 Å². The highest BCUT2D eigenvalue weighted by molar-refractivity contribution is 7.00. The second-order valence-electron chi connectivity index (χ2n) is 26.2. The van der Waals surface area contributed by atoms with Crippen LogP contribution in [0.4, 0.5) is 39.8 Å². The third kappa shape index (κ3) is 5.50. The van der Waals surface area contributed by atoms with Crippen LogP contribution in [0.25, 0.3) is 0 Å². The van der Waals surface area contributed by atoms with Crippen molar-refractivity contribution in [3.8, 4) is 0 Å². The molecule has 0 spiro atoms.